The number of aromatic amines is 2. The van der Waals surface area contributed by atoms with Crippen molar-refractivity contribution in [2.45, 2.75) is 118 Å². The molecule has 8 rings (SSSR count). The van der Waals surface area contributed by atoms with Crippen molar-refractivity contribution < 1.29 is 43.9 Å². The highest BCUT2D eigenvalue weighted by Crippen LogP contribution is 2.32. The number of carbonyl (C=O) groups excluding carboxylic acids is 5. The lowest BCUT2D eigenvalue weighted by atomic mass is 10.0. The SMILES string of the molecule is C/C(=N/O)NC(=O)c1ccc2c(-c3nc(N[C@H]4CCCN(C(=O)OC(C)(C)C)C4)ncc3C)c[nH]c2c1.CC(N)=NO.Cc1cnc(N[C@H]2CCCN(C(=O)OC(C)(C)C)C2)nc1-c1c[nH]c2ccccc12.O=C=O. The van der Waals surface area contributed by atoms with E-state index in [0.29, 0.717) is 43.6 Å². The van der Waals surface area contributed by atoms with Gasteiger partial charge in [-0.05, 0) is 124 Å². The van der Waals surface area contributed by atoms with Crippen molar-refractivity contribution in [3.8, 4) is 22.5 Å². The van der Waals surface area contributed by atoms with E-state index in [2.05, 4.69) is 58.3 Å². The number of oxime groups is 2. The molecule has 75 heavy (non-hydrogen) atoms. The first-order valence-electron chi connectivity index (χ1n) is 24.3. The number of para-hydroxylation sites is 1. The van der Waals surface area contributed by atoms with E-state index in [9.17, 15) is 14.4 Å². The van der Waals surface area contributed by atoms with Crippen molar-refractivity contribution in [1.29, 1.82) is 0 Å². The molecule has 0 aliphatic carbocycles. The number of nitrogens with two attached hydrogens (primary N) is 1. The number of aryl methyl sites for hydroxylation is 2. The topological polar surface area (TPSA) is 321 Å². The zero-order valence-electron chi connectivity index (χ0n) is 44.1. The summed E-state index contributed by atoms with van der Waals surface area (Å²) in [5.41, 5.74) is 11.6. The number of nitrogens with one attached hydrogen (secondary N) is 5. The van der Waals surface area contributed by atoms with Crippen molar-refractivity contribution >= 4 is 69.6 Å². The molecule has 2 saturated heterocycles. The summed E-state index contributed by atoms with van der Waals surface area (Å²) in [6, 6.07) is 13.6. The third-order valence-corrected chi connectivity index (χ3v) is 11.4. The number of ether oxygens (including phenoxy) is 2. The molecule has 400 valence electrons. The van der Waals surface area contributed by atoms with Crippen molar-refractivity contribution in [3.05, 3.63) is 83.9 Å². The molecule has 2 aliphatic rings. The van der Waals surface area contributed by atoms with E-state index in [1.54, 1.807) is 28.1 Å². The molecule has 2 atom stereocenters. The van der Waals surface area contributed by atoms with E-state index in [1.165, 1.54) is 13.8 Å². The number of piperidine rings is 2. The molecule has 2 aromatic carbocycles. The molecule has 0 radical (unpaired) electrons. The van der Waals surface area contributed by atoms with Gasteiger partial charge in [0.1, 0.15) is 22.9 Å². The number of fused-ring (bicyclic) bond motifs is 2. The summed E-state index contributed by atoms with van der Waals surface area (Å²) in [4.78, 5) is 82.2. The van der Waals surface area contributed by atoms with Crippen LogP contribution in [0.2, 0.25) is 0 Å². The Balaban J connectivity index is 0.000000246. The summed E-state index contributed by atoms with van der Waals surface area (Å²) < 4.78 is 11.1. The van der Waals surface area contributed by atoms with Crippen LogP contribution in [0.1, 0.15) is 103 Å². The lowest BCUT2D eigenvalue weighted by Crippen LogP contribution is -2.47. The number of likely N-dealkylation sites (tertiary alicyclic amines) is 2. The van der Waals surface area contributed by atoms with E-state index in [-0.39, 0.29) is 48.0 Å². The van der Waals surface area contributed by atoms with Gasteiger partial charge in [-0.3, -0.25) is 4.79 Å². The molecule has 9 N–H and O–H groups in total. The van der Waals surface area contributed by atoms with Gasteiger partial charge in [-0.1, -0.05) is 34.6 Å². The Morgan fingerprint density at radius 2 is 1.19 bits per heavy atom. The smallest absolute Gasteiger partial charge is 0.410 e. The minimum absolute atomic E-state index is 0.00628. The number of nitrogens with zero attached hydrogens (tertiary/aromatic N) is 8. The predicted octanol–water partition coefficient (Wildman–Crippen LogP) is 8.20. The van der Waals surface area contributed by atoms with Crippen LogP contribution in [-0.4, -0.2) is 135 Å². The number of benzene rings is 2. The van der Waals surface area contributed by atoms with Crippen molar-refractivity contribution in [2.75, 3.05) is 36.8 Å². The number of amidine groups is 2. The second-order valence-electron chi connectivity index (χ2n) is 19.9. The monoisotopic (exact) mass is 1030 g/mol. The zero-order chi connectivity index (χ0) is 55.0. The molecule has 23 heteroatoms. The minimum atomic E-state index is -0.539. The van der Waals surface area contributed by atoms with E-state index < -0.39 is 11.2 Å². The Labute approximate surface area is 434 Å². The quantitative estimate of drug-likeness (QED) is 0.0323. The molecule has 6 aromatic rings. The van der Waals surface area contributed by atoms with Gasteiger partial charge >= 0.3 is 18.3 Å². The Hall–Kier alpha value is -8.59. The molecule has 23 nitrogen and oxygen atoms in total. The number of hydrogen-bond acceptors (Lipinski definition) is 17. The van der Waals surface area contributed by atoms with Crippen LogP contribution in [0.15, 0.2) is 77.6 Å². The Morgan fingerprint density at radius 3 is 1.64 bits per heavy atom. The second kappa shape index (κ2) is 25.9. The van der Waals surface area contributed by atoms with Gasteiger partial charge in [-0.25, -0.2) is 29.5 Å². The van der Waals surface area contributed by atoms with Crippen LogP contribution < -0.4 is 21.7 Å². The molecular formula is C52H68N14O9. The van der Waals surface area contributed by atoms with E-state index >= 15 is 0 Å². The molecule has 0 saturated carbocycles. The second-order valence-corrected chi connectivity index (χ2v) is 19.9. The van der Waals surface area contributed by atoms with Gasteiger partial charge in [0.15, 0.2) is 0 Å². The lowest BCUT2D eigenvalue weighted by molar-refractivity contribution is -0.191. The third kappa shape index (κ3) is 16.7. The normalized spacial score (nSPS) is 15.9. The molecule has 4 aromatic heterocycles. The fourth-order valence-electron chi connectivity index (χ4n) is 8.10. The third-order valence-electron chi connectivity index (χ3n) is 11.4. The molecule has 6 heterocycles. The fourth-order valence-corrected chi connectivity index (χ4v) is 8.10. The van der Waals surface area contributed by atoms with Crippen molar-refractivity contribution in [3.63, 3.8) is 0 Å². The Kier molecular flexibility index (Phi) is 19.8. The number of carbonyl (C=O) groups is 3. The Morgan fingerprint density at radius 1 is 0.733 bits per heavy atom. The maximum absolute atomic E-state index is 12.5. The van der Waals surface area contributed by atoms with Crippen LogP contribution in [-0.2, 0) is 19.1 Å². The van der Waals surface area contributed by atoms with Crippen LogP contribution in [0.4, 0.5) is 21.5 Å². The summed E-state index contributed by atoms with van der Waals surface area (Å²) in [5.74, 6) is 0.995. The van der Waals surface area contributed by atoms with Crippen LogP contribution in [0, 0.1) is 13.8 Å². The highest BCUT2D eigenvalue weighted by Gasteiger charge is 2.30. The summed E-state index contributed by atoms with van der Waals surface area (Å²) in [6.07, 6.45) is 10.8. The lowest BCUT2D eigenvalue weighted by Gasteiger charge is -2.34. The summed E-state index contributed by atoms with van der Waals surface area (Å²) in [5, 5.41) is 33.3. The highest BCUT2D eigenvalue weighted by atomic mass is 16.6. The fraction of sp³-hybridized carbons (Fsp3) is 0.423. The van der Waals surface area contributed by atoms with Crippen LogP contribution >= 0.6 is 0 Å². The zero-order valence-corrected chi connectivity index (χ0v) is 44.1. The number of rotatable bonds is 7. The maximum atomic E-state index is 12.5. The van der Waals surface area contributed by atoms with Gasteiger partial charge in [0.25, 0.3) is 5.91 Å². The standard InChI is InChI=1S/C26H33N7O4.C23H29N5O2.C2H6N2O.CO2/c1-15-12-28-24(30-18-7-6-10-33(14-18)25(35)37-26(3,4)5)31-22(15)20-13-27-21-11-17(8-9-19(20)21)23(34)29-16(2)32-36;1-15-12-25-21(27-20(15)18-13-24-19-10-6-5-9-17(18)19)26-16-8-7-11-28(14-16)22(29)30-23(2,3)4;1-2(3)4-5;2-1-3/h8-9,11-13,18,27,36H,6-7,10,14H2,1-5H3,(H,28,30,31)(H,29,32,34);5-6,9-10,12-13,16,24H,7-8,11,14H2,1-4H3,(H,25,26,27);5H,1H3,(H2,3,4);/t18-;16-;;/m00../s1. The molecule has 3 amide bonds. The first kappa shape index (κ1) is 57.3. The number of H-pyrrole nitrogens is 2. The average Bonchev–Trinajstić information content (AvgIpc) is 3.99. The molecule has 2 fully saturated rings. The van der Waals surface area contributed by atoms with Gasteiger partial charge in [0, 0.05) is 102 Å². The summed E-state index contributed by atoms with van der Waals surface area (Å²) in [6.45, 7) is 20.7. The van der Waals surface area contributed by atoms with Crippen LogP contribution in [0.3, 0.4) is 0 Å². The van der Waals surface area contributed by atoms with E-state index in [0.717, 1.165) is 81.1 Å². The van der Waals surface area contributed by atoms with Crippen LogP contribution in [0.5, 0.6) is 0 Å². The van der Waals surface area contributed by atoms with E-state index in [4.69, 9.17) is 45.2 Å². The van der Waals surface area contributed by atoms with Gasteiger partial charge < -0.3 is 61.3 Å². The molecule has 0 spiro atoms. The van der Waals surface area contributed by atoms with E-state index in [1.807, 2.05) is 92.2 Å². The van der Waals surface area contributed by atoms with Crippen molar-refractivity contribution in [1.82, 2.24) is 45.0 Å². The van der Waals surface area contributed by atoms with Gasteiger partial charge in [-0.15, -0.1) is 0 Å². The van der Waals surface area contributed by atoms with Gasteiger partial charge in [0.05, 0.1) is 11.4 Å². The van der Waals surface area contributed by atoms with Gasteiger partial charge in [-0.2, -0.15) is 9.59 Å². The number of anilines is 2. The number of aromatic nitrogens is 6. The molecule has 2 aliphatic heterocycles. The first-order chi connectivity index (χ1) is 35.5. The molecular weight excluding hydrogens is 965 g/mol. The summed E-state index contributed by atoms with van der Waals surface area (Å²) >= 11 is 0. The van der Waals surface area contributed by atoms with Crippen LogP contribution in [0.25, 0.3) is 44.3 Å². The van der Waals surface area contributed by atoms with Crippen molar-refractivity contribution in [2.24, 2.45) is 16.0 Å². The highest BCUT2D eigenvalue weighted by molar-refractivity contribution is 6.08. The predicted molar refractivity (Wildman–Crippen MR) is 283 cm³/mol. The number of hydrogen-bond donors (Lipinski definition) is 8. The molecule has 0 unspecified atom stereocenters. The number of amides is 3. The largest absolute Gasteiger partial charge is 0.444 e. The average molecular weight is 1030 g/mol. The minimum Gasteiger partial charge on any atom is -0.444 e. The summed E-state index contributed by atoms with van der Waals surface area (Å²) in [7, 11) is 0. The maximum Gasteiger partial charge on any atom is 0.410 e. The van der Waals surface area contributed by atoms with Gasteiger partial charge in [0.2, 0.25) is 11.9 Å². The molecule has 0 bridgehead atoms. The first-order valence-corrected chi connectivity index (χ1v) is 24.3. The Bertz CT molecular complexity index is 3020.